The summed E-state index contributed by atoms with van der Waals surface area (Å²) >= 11 is 9.16. The van der Waals surface area contributed by atoms with Crippen molar-refractivity contribution in [2.24, 2.45) is 0 Å². The SMILES string of the molecule is CCCNCc1cccc(Br)c1OC/C(C)=C/Cl. The molecule has 100 valence electrons. The number of nitrogens with one attached hydrogen (secondary N) is 1. The Kier molecular flexibility index (Phi) is 7.40. The molecule has 0 spiro atoms. The molecule has 1 aromatic rings. The number of hydrogen-bond acceptors (Lipinski definition) is 2. The molecule has 0 aliphatic rings. The average Bonchev–Trinajstić information content (AvgIpc) is 2.38. The van der Waals surface area contributed by atoms with Gasteiger partial charge in [0.1, 0.15) is 12.4 Å². The fourth-order valence-corrected chi connectivity index (χ4v) is 2.06. The second-order valence-corrected chi connectivity index (χ2v) is 5.22. The van der Waals surface area contributed by atoms with Crippen molar-refractivity contribution in [2.45, 2.75) is 26.8 Å². The highest BCUT2D eigenvalue weighted by Gasteiger charge is 2.07. The molecule has 18 heavy (non-hydrogen) atoms. The highest BCUT2D eigenvalue weighted by atomic mass is 79.9. The Labute approximate surface area is 122 Å². The summed E-state index contributed by atoms with van der Waals surface area (Å²) in [5.74, 6) is 0.888. The lowest BCUT2D eigenvalue weighted by Crippen LogP contribution is -2.15. The average molecular weight is 333 g/mol. The second kappa shape index (κ2) is 8.57. The minimum absolute atomic E-state index is 0.507. The Morgan fingerprint density at radius 2 is 2.28 bits per heavy atom. The Morgan fingerprint density at radius 3 is 2.94 bits per heavy atom. The van der Waals surface area contributed by atoms with Gasteiger partial charge in [0.15, 0.2) is 0 Å². The molecule has 0 fully saturated rings. The normalized spacial score (nSPS) is 11.7. The molecule has 0 amide bonds. The van der Waals surface area contributed by atoms with Crippen LogP contribution in [0.4, 0.5) is 0 Å². The maximum absolute atomic E-state index is 5.81. The monoisotopic (exact) mass is 331 g/mol. The highest BCUT2D eigenvalue weighted by Crippen LogP contribution is 2.29. The summed E-state index contributed by atoms with van der Waals surface area (Å²) in [5, 5.41) is 3.38. The molecule has 0 bridgehead atoms. The van der Waals surface area contributed by atoms with Crippen molar-refractivity contribution in [2.75, 3.05) is 13.2 Å². The molecule has 1 rings (SSSR count). The van der Waals surface area contributed by atoms with Crippen molar-refractivity contribution in [1.82, 2.24) is 5.32 Å². The first-order chi connectivity index (χ1) is 8.69. The fraction of sp³-hybridized carbons (Fsp3) is 0.429. The van der Waals surface area contributed by atoms with Crippen molar-refractivity contribution in [3.8, 4) is 5.75 Å². The number of halogens is 2. The van der Waals surface area contributed by atoms with Gasteiger partial charge < -0.3 is 10.1 Å². The lowest BCUT2D eigenvalue weighted by molar-refractivity contribution is 0.345. The van der Waals surface area contributed by atoms with E-state index in [1.807, 2.05) is 19.1 Å². The molecule has 4 heteroatoms. The molecule has 0 unspecified atom stereocenters. The summed E-state index contributed by atoms with van der Waals surface area (Å²) < 4.78 is 6.78. The van der Waals surface area contributed by atoms with Crippen molar-refractivity contribution in [1.29, 1.82) is 0 Å². The third-order valence-corrected chi connectivity index (χ3v) is 3.42. The van der Waals surface area contributed by atoms with Crippen LogP contribution in [0, 0.1) is 0 Å². The molecule has 1 N–H and O–H groups in total. The van der Waals surface area contributed by atoms with Gasteiger partial charge in [0, 0.05) is 17.6 Å². The van der Waals surface area contributed by atoms with E-state index in [-0.39, 0.29) is 0 Å². The summed E-state index contributed by atoms with van der Waals surface area (Å²) in [6, 6.07) is 6.07. The number of rotatable bonds is 7. The molecular weight excluding hydrogens is 314 g/mol. The van der Waals surface area contributed by atoms with Crippen LogP contribution in [0.3, 0.4) is 0 Å². The van der Waals surface area contributed by atoms with E-state index in [4.69, 9.17) is 16.3 Å². The molecule has 0 heterocycles. The van der Waals surface area contributed by atoms with Crippen LogP contribution in [0.25, 0.3) is 0 Å². The molecular formula is C14H19BrClNO. The van der Waals surface area contributed by atoms with Crippen LogP contribution in [0.2, 0.25) is 0 Å². The minimum atomic E-state index is 0.507. The molecule has 2 nitrogen and oxygen atoms in total. The van der Waals surface area contributed by atoms with E-state index >= 15 is 0 Å². The van der Waals surface area contributed by atoms with Gasteiger partial charge in [-0.05, 0) is 47.5 Å². The Balaban J connectivity index is 2.73. The molecule has 0 radical (unpaired) electrons. The van der Waals surface area contributed by atoms with Gasteiger partial charge in [-0.3, -0.25) is 0 Å². The smallest absolute Gasteiger partial charge is 0.138 e. The molecule has 0 saturated carbocycles. The van der Waals surface area contributed by atoms with E-state index < -0.39 is 0 Å². The van der Waals surface area contributed by atoms with Crippen LogP contribution in [0.5, 0.6) is 5.75 Å². The van der Waals surface area contributed by atoms with E-state index in [0.717, 1.165) is 40.9 Å². The van der Waals surface area contributed by atoms with Crippen molar-refractivity contribution in [3.05, 3.63) is 39.3 Å². The minimum Gasteiger partial charge on any atom is -0.488 e. The van der Waals surface area contributed by atoms with Gasteiger partial charge in [-0.1, -0.05) is 30.7 Å². The van der Waals surface area contributed by atoms with Gasteiger partial charge in [0.05, 0.1) is 4.47 Å². The van der Waals surface area contributed by atoms with Crippen molar-refractivity contribution < 1.29 is 4.74 Å². The maximum Gasteiger partial charge on any atom is 0.138 e. The summed E-state index contributed by atoms with van der Waals surface area (Å²) in [4.78, 5) is 0. The Bertz CT molecular complexity index is 407. The fourth-order valence-electron chi connectivity index (χ4n) is 1.47. The maximum atomic E-state index is 5.81. The first kappa shape index (κ1) is 15.5. The van der Waals surface area contributed by atoms with Gasteiger partial charge in [-0.2, -0.15) is 0 Å². The van der Waals surface area contributed by atoms with Gasteiger partial charge in [0.25, 0.3) is 0 Å². The third kappa shape index (κ3) is 5.01. The van der Waals surface area contributed by atoms with Crippen molar-refractivity contribution >= 4 is 27.5 Å². The first-order valence-corrected chi connectivity index (χ1v) is 7.28. The Hall–Kier alpha value is -0.510. The number of hydrogen-bond donors (Lipinski definition) is 1. The van der Waals surface area contributed by atoms with Crippen LogP contribution in [-0.4, -0.2) is 13.2 Å². The van der Waals surface area contributed by atoms with E-state index in [1.54, 1.807) is 5.54 Å². The van der Waals surface area contributed by atoms with Gasteiger partial charge in [0.2, 0.25) is 0 Å². The molecule has 0 atom stereocenters. The van der Waals surface area contributed by atoms with Crippen LogP contribution < -0.4 is 10.1 Å². The van der Waals surface area contributed by atoms with Crippen molar-refractivity contribution in [3.63, 3.8) is 0 Å². The van der Waals surface area contributed by atoms with E-state index in [0.29, 0.717) is 6.61 Å². The standard InChI is InChI=1S/C14H19BrClNO/c1-3-7-17-9-12-5-4-6-13(15)14(12)18-10-11(2)8-16/h4-6,8,17H,3,7,9-10H2,1-2H3/b11-8+. The zero-order chi connectivity index (χ0) is 13.4. The van der Waals surface area contributed by atoms with E-state index in [2.05, 4.69) is 34.2 Å². The largest absolute Gasteiger partial charge is 0.488 e. The highest BCUT2D eigenvalue weighted by molar-refractivity contribution is 9.10. The van der Waals surface area contributed by atoms with Crippen LogP contribution >= 0.6 is 27.5 Å². The first-order valence-electron chi connectivity index (χ1n) is 6.05. The zero-order valence-electron chi connectivity index (χ0n) is 10.8. The van der Waals surface area contributed by atoms with E-state index in [1.165, 1.54) is 0 Å². The third-order valence-electron chi connectivity index (χ3n) is 2.42. The molecule has 1 aromatic carbocycles. The number of para-hydroxylation sites is 1. The molecule has 0 aromatic heterocycles. The summed E-state index contributed by atoms with van der Waals surface area (Å²) in [6.07, 6.45) is 1.12. The lowest BCUT2D eigenvalue weighted by Gasteiger charge is -2.14. The van der Waals surface area contributed by atoms with Gasteiger partial charge in [-0.15, -0.1) is 0 Å². The zero-order valence-corrected chi connectivity index (χ0v) is 13.1. The summed E-state index contributed by atoms with van der Waals surface area (Å²) in [7, 11) is 0. The quantitative estimate of drug-likeness (QED) is 0.744. The van der Waals surface area contributed by atoms with Gasteiger partial charge in [-0.25, -0.2) is 0 Å². The van der Waals surface area contributed by atoms with Crippen LogP contribution in [-0.2, 0) is 6.54 Å². The Morgan fingerprint density at radius 1 is 1.50 bits per heavy atom. The number of ether oxygens (including phenoxy) is 1. The molecule has 0 saturated heterocycles. The van der Waals surface area contributed by atoms with Crippen LogP contribution in [0.1, 0.15) is 25.8 Å². The van der Waals surface area contributed by atoms with E-state index in [9.17, 15) is 0 Å². The topological polar surface area (TPSA) is 21.3 Å². The van der Waals surface area contributed by atoms with Gasteiger partial charge >= 0.3 is 0 Å². The van der Waals surface area contributed by atoms with Crippen LogP contribution in [0.15, 0.2) is 33.8 Å². The molecule has 0 aliphatic carbocycles. The predicted octanol–water partition coefficient (Wildman–Crippen LogP) is 4.47. The summed E-state index contributed by atoms with van der Waals surface area (Å²) in [5.41, 5.74) is 3.70. The molecule has 0 aliphatic heterocycles. The number of benzene rings is 1. The lowest BCUT2D eigenvalue weighted by atomic mass is 10.2. The second-order valence-electron chi connectivity index (χ2n) is 4.15. The predicted molar refractivity (Wildman–Crippen MR) is 81.2 cm³/mol. The summed E-state index contributed by atoms with van der Waals surface area (Å²) in [6.45, 7) is 6.42.